The number of hydrogen-bond acceptors (Lipinski definition) is 5. The largest absolute Gasteiger partial charge is 0.347 e. The van der Waals surface area contributed by atoms with Gasteiger partial charge in [-0.25, -0.2) is 0 Å². The Hall–Kier alpha value is -2.22. The van der Waals surface area contributed by atoms with Crippen LogP contribution in [0.5, 0.6) is 0 Å². The lowest BCUT2D eigenvalue weighted by Crippen LogP contribution is -2.46. The highest BCUT2D eigenvalue weighted by atomic mass is 32.2. The Morgan fingerprint density at radius 1 is 1.04 bits per heavy atom. The molecule has 0 saturated carbocycles. The lowest BCUT2D eigenvalue weighted by atomic mass is 10.2. The molecule has 23 heavy (non-hydrogen) atoms. The maximum Gasteiger partial charge on any atom is 0.347 e. The Bertz CT molecular complexity index is 938. The first kappa shape index (κ1) is 17.1. The molecule has 124 valence electrons. The Labute approximate surface area is 134 Å². The average Bonchev–Trinajstić information content (AvgIpc) is 2.47. The monoisotopic (exact) mass is 337 g/mol. The normalized spacial score (nSPS) is 11.9. The number of rotatable bonds is 4. The van der Waals surface area contributed by atoms with E-state index in [0.29, 0.717) is 6.54 Å². The summed E-state index contributed by atoms with van der Waals surface area (Å²) in [6, 6.07) is 6.00. The van der Waals surface area contributed by atoms with Crippen LogP contribution in [0.4, 0.5) is 0 Å². The first-order valence-electron chi connectivity index (χ1n) is 7.17. The van der Waals surface area contributed by atoms with Crippen LogP contribution in [0.15, 0.2) is 38.8 Å². The topological polar surface area (TPSA) is 91.0 Å². The molecule has 0 aliphatic heterocycles. The SMILES string of the molecule is Cc1ccc(S(=O)(=O)n2nc(C)n(CC(C)C)c(=O)c2=O)cc1. The van der Waals surface area contributed by atoms with Gasteiger partial charge in [-0.2, -0.15) is 8.42 Å². The zero-order valence-corrected chi connectivity index (χ0v) is 14.3. The van der Waals surface area contributed by atoms with Crippen LogP contribution in [-0.4, -0.2) is 22.2 Å². The predicted octanol–water partition coefficient (Wildman–Crippen LogP) is 0.915. The smallest absolute Gasteiger partial charge is 0.290 e. The van der Waals surface area contributed by atoms with Gasteiger partial charge in [0.25, 0.3) is 10.0 Å². The third-order valence-electron chi connectivity index (χ3n) is 3.32. The van der Waals surface area contributed by atoms with E-state index in [0.717, 1.165) is 5.56 Å². The zero-order valence-electron chi connectivity index (χ0n) is 13.5. The van der Waals surface area contributed by atoms with Gasteiger partial charge in [0.1, 0.15) is 5.82 Å². The predicted molar refractivity (Wildman–Crippen MR) is 86.1 cm³/mol. The van der Waals surface area contributed by atoms with Gasteiger partial charge in [0, 0.05) is 6.54 Å². The molecule has 7 nitrogen and oxygen atoms in total. The minimum absolute atomic E-state index is 0.0851. The molecule has 0 spiro atoms. The van der Waals surface area contributed by atoms with Crippen molar-refractivity contribution in [3.05, 3.63) is 56.4 Å². The molecule has 0 bridgehead atoms. The highest BCUT2D eigenvalue weighted by molar-refractivity contribution is 7.89. The fraction of sp³-hybridized carbons (Fsp3) is 0.400. The molecule has 0 radical (unpaired) electrons. The van der Waals surface area contributed by atoms with Gasteiger partial charge in [0.15, 0.2) is 0 Å². The Kier molecular flexibility index (Phi) is 4.56. The van der Waals surface area contributed by atoms with E-state index < -0.39 is 21.1 Å². The van der Waals surface area contributed by atoms with Crippen molar-refractivity contribution in [3.63, 3.8) is 0 Å². The summed E-state index contributed by atoms with van der Waals surface area (Å²) in [4.78, 5) is 24.3. The number of hydrogen-bond donors (Lipinski definition) is 0. The third-order valence-corrected chi connectivity index (χ3v) is 4.89. The van der Waals surface area contributed by atoms with Crippen LogP contribution in [-0.2, 0) is 16.6 Å². The first-order chi connectivity index (χ1) is 10.6. The molecule has 1 heterocycles. The second-order valence-electron chi connectivity index (χ2n) is 5.82. The van der Waals surface area contributed by atoms with Crippen molar-refractivity contribution in [2.45, 2.75) is 39.1 Å². The van der Waals surface area contributed by atoms with Crippen molar-refractivity contribution in [2.24, 2.45) is 5.92 Å². The molecule has 0 amide bonds. The minimum Gasteiger partial charge on any atom is -0.290 e. The van der Waals surface area contributed by atoms with Crippen LogP contribution in [0.25, 0.3) is 0 Å². The molecule has 0 N–H and O–H groups in total. The van der Waals surface area contributed by atoms with E-state index in [-0.39, 0.29) is 20.7 Å². The standard InChI is InChI=1S/C15H19N3O4S/c1-10(2)9-17-12(4)16-18(15(20)14(17)19)23(21,22)13-7-5-11(3)6-8-13/h5-8,10H,9H2,1-4H3. The van der Waals surface area contributed by atoms with E-state index in [4.69, 9.17) is 0 Å². The van der Waals surface area contributed by atoms with E-state index in [2.05, 4.69) is 5.10 Å². The lowest BCUT2D eigenvalue weighted by molar-refractivity contribution is 0.476. The van der Waals surface area contributed by atoms with Gasteiger partial charge in [-0.15, -0.1) is 9.19 Å². The second kappa shape index (κ2) is 6.11. The maximum atomic E-state index is 12.6. The highest BCUT2D eigenvalue weighted by Crippen LogP contribution is 2.12. The minimum atomic E-state index is -4.20. The van der Waals surface area contributed by atoms with Gasteiger partial charge < -0.3 is 0 Å². The van der Waals surface area contributed by atoms with Gasteiger partial charge in [-0.05, 0) is 31.9 Å². The van der Waals surface area contributed by atoms with Crippen molar-refractivity contribution in [3.8, 4) is 0 Å². The average molecular weight is 337 g/mol. The summed E-state index contributed by atoms with van der Waals surface area (Å²) in [7, 11) is -4.20. The van der Waals surface area contributed by atoms with E-state index in [1.807, 2.05) is 20.8 Å². The van der Waals surface area contributed by atoms with Gasteiger partial charge >= 0.3 is 11.1 Å². The third kappa shape index (κ3) is 3.26. The molecule has 1 aromatic carbocycles. The number of aryl methyl sites for hydroxylation is 2. The Morgan fingerprint density at radius 2 is 1.61 bits per heavy atom. The molecule has 2 rings (SSSR count). The van der Waals surface area contributed by atoms with Crippen molar-refractivity contribution in [1.82, 2.24) is 13.8 Å². The van der Waals surface area contributed by atoms with Crippen LogP contribution < -0.4 is 11.1 Å². The number of benzene rings is 1. The molecular formula is C15H19N3O4S. The fourth-order valence-electron chi connectivity index (χ4n) is 2.13. The summed E-state index contributed by atoms with van der Waals surface area (Å²) in [6.45, 7) is 7.40. The number of nitrogens with zero attached hydrogens (tertiary/aromatic N) is 3. The summed E-state index contributed by atoms with van der Waals surface area (Å²) >= 11 is 0. The molecule has 8 heteroatoms. The molecule has 0 unspecified atom stereocenters. The Morgan fingerprint density at radius 3 is 2.13 bits per heavy atom. The highest BCUT2D eigenvalue weighted by Gasteiger charge is 2.23. The molecule has 0 saturated heterocycles. The van der Waals surface area contributed by atoms with Crippen LogP contribution in [0.1, 0.15) is 25.2 Å². The quantitative estimate of drug-likeness (QED) is 0.774. The van der Waals surface area contributed by atoms with E-state index in [1.54, 1.807) is 12.1 Å². The zero-order chi connectivity index (χ0) is 17.4. The summed E-state index contributed by atoms with van der Waals surface area (Å²) in [5.74, 6) is 0.302. The fourth-order valence-corrected chi connectivity index (χ4v) is 3.33. The molecule has 0 aliphatic carbocycles. The molecule has 0 atom stereocenters. The van der Waals surface area contributed by atoms with Crippen molar-refractivity contribution in [1.29, 1.82) is 0 Å². The first-order valence-corrected chi connectivity index (χ1v) is 8.61. The summed E-state index contributed by atoms with van der Waals surface area (Å²) < 4.78 is 26.6. The molecule has 0 fully saturated rings. The number of aromatic nitrogens is 3. The summed E-state index contributed by atoms with van der Waals surface area (Å²) in [5, 5.41) is 3.84. The second-order valence-corrected chi connectivity index (χ2v) is 7.59. The van der Waals surface area contributed by atoms with Crippen LogP contribution >= 0.6 is 0 Å². The maximum absolute atomic E-state index is 12.6. The molecule has 2 aromatic rings. The van der Waals surface area contributed by atoms with Crippen molar-refractivity contribution < 1.29 is 8.42 Å². The van der Waals surface area contributed by atoms with Crippen LogP contribution in [0.2, 0.25) is 0 Å². The molecule has 1 aromatic heterocycles. The summed E-state index contributed by atoms with van der Waals surface area (Å²) in [5.41, 5.74) is -1.17. The Balaban J connectivity index is 2.67. The van der Waals surface area contributed by atoms with Gasteiger partial charge in [-0.1, -0.05) is 31.5 Å². The summed E-state index contributed by atoms with van der Waals surface area (Å²) in [6.07, 6.45) is 0. The van der Waals surface area contributed by atoms with Crippen molar-refractivity contribution in [2.75, 3.05) is 0 Å². The van der Waals surface area contributed by atoms with Crippen LogP contribution in [0, 0.1) is 19.8 Å². The van der Waals surface area contributed by atoms with Gasteiger partial charge in [0.05, 0.1) is 4.90 Å². The van der Waals surface area contributed by atoms with Crippen LogP contribution in [0.3, 0.4) is 0 Å². The van der Waals surface area contributed by atoms with E-state index in [9.17, 15) is 18.0 Å². The van der Waals surface area contributed by atoms with Gasteiger partial charge in [0.2, 0.25) is 0 Å². The molecule has 0 aliphatic rings. The molecular weight excluding hydrogens is 318 g/mol. The van der Waals surface area contributed by atoms with Gasteiger partial charge in [-0.3, -0.25) is 14.2 Å². The lowest BCUT2D eigenvalue weighted by Gasteiger charge is -2.13. The van der Waals surface area contributed by atoms with E-state index >= 15 is 0 Å². The van der Waals surface area contributed by atoms with E-state index in [1.165, 1.54) is 23.6 Å². The van der Waals surface area contributed by atoms with Crippen molar-refractivity contribution >= 4 is 10.0 Å².